The molecular formula is C12H20N4O. The van der Waals surface area contributed by atoms with Crippen LogP contribution in [0.5, 0.6) is 0 Å². The lowest BCUT2D eigenvalue weighted by Gasteiger charge is -2.31. The Morgan fingerprint density at radius 3 is 2.53 bits per heavy atom. The zero-order valence-electron chi connectivity index (χ0n) is 10.4. The first kappa shape index (κ1) is 12.1. The van der Waals surface area contributed by atoms with Crippen molar-refractivity contribution in [1.82, 2.24) is 9.97 Å². The fraction of sp³-hybridized carbons (Fsp3) is 0.667. The van der Waals surface area contributed by atoms with Crippen molar-refractivity contribution in [2.75, 3.05) is 23.7 Å². The zero-order valence-corrected chi connectivity index (χ0v) is 10.4. The summed E-state index contributed by atoms with van der Waals surface area (Å²) in [4.78, 5) is 8.64. The van der Waals surface area contributed by atoms with Gasteiger partial charge in [-0.15, -0.1) is 0 Å². The van der Waals surface area contributed by atoms with Crippen molar-refractivity contribution in [3.8, 4) is 0 Å². The number of aromatic nitrogens is 2. The minimum absolute atomic E-state index is 0.0914. The molecular weight excluding hydrogens is 216 g/mol. The number of hydrogen-bond donors (Lipinski definition) is 3. The number of anilines is 2. The topological polar surface area (TPSA) is 70.1 Å². The van der Waals surface area contributed by atoms with Gasteiger partial charge in [0.1, 0.15) is 17.5 Å². The first-order chi connectivity index (χ1) is 8.17. The molecule has 0 aliphatic heterocycles. The molecule has 1 heterocycles. The van der Waals surface area contributed by atoms with Crippen molar-refractivity contribution >= 4 is 11.6 Å². The van der Waals surface area contributed by atoms with Crippen LogP contribution in [-0.4, -0.2) is 34.3 Å². The monoisotopic (exact) mass is 236 g/mol. The smallest absolute Gasteiger partial charge is 0.131 e. The molecule has 0 unspecified atom stereocenters. The highest BCUT2D eigenvalue weighted by molar-refractivity contribution is 5.47. The van der Waals surface area contributed by atoms with Gasteiger partial charge in [0.05, 0.1) is 6.10 Å². The number of aliphatic hydroxyl groups is 1. The predicted octanol–water partition coefficient (Wildman–Crippen LogP) is 1.40. The van der Waals surface area contributed by atoms with Gasteiger partial charge in [-0.25, -0.2) is 9.97 Å². The minimum Gasteiger partial charge on any atom is -0.393 e. The van der Waals surface area contributed by atoms with Gasteiger partial charge in [-0.05, 0) is 32.6 Å². The molecule has 1 saturated carbocycles. The van der Waals surface area contributed by atoms with E-state index in [0.29, 0.717) is 5.92 Å². The molecule has 0 radical (unpaired) electrons. The number of rotatable bonds is 5. The van der Waals surface area contributed by atoms with Crippen molar-refractivity contribution in [2.24, 2.45) is 5.92 Å². The molecule has 94 valence electrons. The lowest BCUT2D eigenvalue weighted by molar-refractivity contribution is 0.0486. The molecule has 5 nitrogen and oxygen atoms in total. The maximum absolute atomic E-state index is 9.21. The average Bonchev–Trinajstić information content (AvgIpc) is 2.22. The quantitative estimate of drug-likeness (QED) is 0.721. The van der Waals surface area contributed by atoms with Crippen LogP contribution < -0.4 is 10.6 Å². The fourth-order valence-corrected chi connectivity index (χ4v) is 2.05. The summed E-state index contributed by atoms with van der Waals surface area (Å²) < 4.78 is 0. The summed E-state index contributed by atoms with van der Waals surface area (Å²) in [6.07, 6.45) is 1.71. The standard InChI is InChI=1S/C12H20N4O/c1-3-13-11-6-12(16-8(2)15-11)14-7-9-4-10(17)5-9/h6,9-10,17H,3-5,7H2,1-2H3,(H2,13,14,15,16). The van der Waals surface area contributed by atoms with Gasteiger partial charge < -0.3 is 15.7 Å². The normalized spacial score (nSPS) is 23.0. The summed E-state index contributed by atoms with van der Waals surface area (Å²) in [6.45, 7) is 5.66. The summed E-state index contributed by atoms with van der Waals surface area (Å²) in [7, 11) is 0. The van der Waals surface area contributed by atoms with Crippen molar-refractivity contribution in [3.63, 3.8) is 0 Å². The van der Waals surface area contributed by atoms with E-state index in [0.717, 1.165) is 43.4 Å². The molecule has 1 aromatic rings. The largest absolute Gasteiger partial charge is 0.393 e. The van der Waals surface area contributed by atoms with Crippen LogP contribution in [0.3, 0.4) is 0 Å². The van der Waals surface area contributed by atoms with Crippen molar-refractivity contribution in [3.05, 3.63) is 11.9 Å². The van der Waals surface area contributed by atoms with Gasteiger partial charge in [-0.3, -0.25) is 0 Å². The zero-order chi connectivity index (χ0) is 12.3. The Bertz CT molecular complexity index is 377. The first-order valence-corrected chi connectivity index (χ1v) is 6.19. The van der Waals surface area contributed by atoms with E-state index >= 15 is 0 Å². The number of nitrogens with one attached hydrogen (secondary N) is 2. The lowest BCUT2D eigenvalue weighted by Crippen LogP contribution is -2.33. The Morgan fingerprint density at radius 2 is 1.94 bits per heavy atom. The third kappa shape index (κ3) is 3.30. The minimum atomic E-state index is -0.0914. The van der Waals surface area contributed by atoms with E-state index in [4.69, 9.17) is 0 Å². The second-order valence-electron chi connectivity index (χ2n) is 4.59. The summed E-state index contributed by atoms with van der Waals surface area (Å²) in [5, 5.41) is 15.7. The highest BCUT2D eigenvalue weighted by atomic mass is 16.3. The summed E-state index contributed by atoms with van der Waals surface area (Å²) in [6, 6.07) is 1.92. The van der Waals surface area contributed by atoms with Crippen LogP contribution in [0, 0.1) is 12.8 Å². The van der Waals surface area contributed by atoms with Crippen LogP contribution in [0.15, 0.2) is 6.07 Å². The molecule has 1 fully saturated rings. The van der Waals surface area contributed by atoms with Gasteiger partial charge in [0.25, 0.3) is 0 Å². The Kier molecular flexibility index (Phi) is 3.78. The first-order valence-electron chi connectivity index (χ1n) is 6.19. The Hall–Kier alpha value is -1.36. The van der Waals surface area contributed by atoms with E-state index in [1.54, 1.807) is 0 Å². The number of aryl methyl sites for hydroxylation is 1. The highest BCUT2D eigenvalue weighted by Crippen LogP contribution is 2.27. The Labute approximate surface area is 102 Å². The molecule has 1 aromatic heterocycles. The third-order valence-corrected chi connectivity index (χ3v) is 2.98. The molecule has 0 spiro atoms. The molecule has 0 saturated heterocycles. The van der Waals surface area contributed by atoms with E-state index < -0.39 is 0 Å². The van der Waals surface area contributed by atoms with Gasteiger partial charge >= 0.3 is 0 Å². The second-order valence-corrected chi connectivity index (χ2v) is 4.59. The van der Waals surface area contributed by atoms with E-state index in [9.17, 15) is 5.11 Å². The number of aliphatic hydroxyl groups excluding tert-OH is 1. The SMILES string of the molecule is CCNc1cc(NCC2CC(O)C2)nc(C)n1. The van der Waals surface area contributed by atoms with Crippen LogP contribution >= 0.6 is 0 Å². The molecule has 1 aliphatic rings. The molecule has 1 aliphatic carbocycles. The van der Waals surface area contributed by atoms with Crippen molar-refractivity contribution < 1.29 is 5.11 Å². The lowest BCUT2D eigenvalue weighted by atomic mass is 9.82. The third-order valence-electron chi connectivity index (χ3n) is 2.98. The average molecular weight is 236 g/mol. The van der Waals surface area contributed by atoms with Gasteiger partial charge in [-0.1, -0.05) is 0 Å². The van der Waals surface area contributed by atoms with Gasteiger partial charge in [-0.2, -0.15) is 0 Å². The molecule has 0 bridgehead atoms. The van der Waals surface area contributed by atoms with Gasteiger partial charge in [0.15, 0.2) is 0 Å². The molecule has 17 heavy (non-hydrogen) atoms. The van der Waals surface area contributed by atoms with Crippen molar-refractivity contribution in [1.29, 1.82) is 0 Å². The van der Waals surface area contributed by atoms with Crippen LogP contribution in [0.25, 0.3) is 0 Å². The molecule has 0 aromatic carbocycles. The van der Waals surface area contributed by atoms with Crippen LogP contribution in [0.2, 0.25) is 0 Å². The van der Waals surface area contributed by atoms with E-state index in [1.807, 2.05) is 19.9 Å². The number of nitrogens with zero attached hydrogens (tertiary/aromatic N) is 2. The van der Waals surface area contributed by atoms with Crippen LogP contribution in [0.1, 0.15) is 25.6 Å². The summed E-state index contributed by atoms with van der Waals surface area (Å²) in [5.74, 6) is 3.05. The van der Waals surface area contributed by atoms with Crippen molar-refractivity contribution in [2.45, 2.75) is 32.8 Å². The Balaban J connectivity index is 1.90. The highest BCUT2D eigenvalue weighted by Gasteiger charge is 2.26. The molecule has 5 heteroatoms. The van der Waals surface area contributed by atoms with Gasteiger partial charge in [0.2, 0.25) is 0 Å². The van der Waals surface area contributed by atoms with Gasteiger partial charge in [0, 0.05) is 19.2 Å². The summed E-state index contributed by atoms with van der Waals surface area (Å²) >= 11 is 0. The van der Waals surface area contributed by atoms with E-state index in [1.165, 1.54) is 0 Å². The predicted molar refractivity (Wildman–Crippen MR) is 68.2 cm³/mol. The van der Waals surface area contributed by atoms with E-state index in [-0.39, 0.29) is 6.10 Å². The molecule has 3 N–H and O–H groups in total. The maximum Gasteiger partial charge on any atom is 0.131 e. The second kappa shape index (κ2) is 5.31. The Morgan fingerprint density at radius 1 is 1.29 bits per heavy atom. The number of hydrogen-bond acceptors (Lipinski definition) is 5. The van der Waals surface area contributed by atoms with Crippen LogP contribution in [0.4, 0.5) is 11.6 Å². The molecule has 2 rings (SSSR count). The molecule has 0 amide bonds. The fourth-order valence-electron chi connectivity index (χ4n) is 2.05. The summed E-state index contributed by atoms with van der Waals surface area (Å²) in [5.41, 5.74) is 0. The molecule has 0 atom stereocenters. The maximum atomic E-state index is 9.21. The van der Waals surface area contributed by atoms with E-state index in [2.05, 4.69) is 20.6 Å². The van der Waals surface area contributed by atoms with Crippen LogP contribution in [-0.2, 0) is 0 Å².